The van der Waals surface area contributed by atoms with E-state index in [9.17, 15) is 0 Å². The maximum absolute atomic E-state index is 6.72. The molecule has 55 heavy (non-hydrogen) atoms. The quantitative estimate of drug-likeness (QED) is 0.183. The Hall–Kier alpha value is -7.23. The van der Waals surface area contributed by atoms with Crippen molar-refractivity contribution >= 4 is 49.9 Å². The zero-order valence-corrected chi connectivity index (χ0v) is 29.8. The summed E-state index contributed by atoms with van der Waals surface area (Å²) in [6.45, 7) is 0. The molecule has 0 unspecified atom stereocenters. The fourth-order valence-electron chi connectivity index (χ4n) is 9.66. The summed E-state index contributed by atoms with van der Waals surface area (Å²) in [5.41, 5.74) is 17.8. The summed E-state index contributed by atoms with van der Waals surface area (Å²) >= 11 is 0. The first-order chi connectivity index (χ1) is 27.3. The highest BCUT2D eigenvalue weighted by Crippen LogP contribution is 2.64. The van der Waals surface area contributed by atoms with Crippen LogP contribution in [0.4, 0.5) is 17.1 Å². The van der Waals surface area contributed by atoms with Crippen molar-refractivity contribution in [1.82, 2.24) is 4.98 Å². The van der Waals surface area contributed by atoms with Crippen LogP contribution < -0.4 is 4.90 Å². The molecule has 2 aliphatic carbocycles. The summed E-state index contributed by atoms with van der Waals surface area (Å²) in [6, 6.07) is 68.1. The molecule has 8 aromatic carbocycles. The van der Waals surface area contributed by atoms with E-state index in [0.717, 1.165) is 49.9 Å². The van der Waals surface area contributed by atoms with Crippen molar-refractivity contribution in [1.29, 1.82) is 0 Å². The molecular weight excluding hydrogens is 669 g/mol. The van der Waals surface area contributed by atoms with Crippen LogP contribution in [0.2, 0.25) is 0 Å². The molecule has 0 atom stereocenters. The summed E-state index contributed by atoms with van der Waals surface area (Å²) in [4.78, 5) is 7.52. The number of aromatic nitrogens is 1. The van der Waals surface area contributed by atoms with Gasteiger partial charge in [-0.1, -0.05) is 158 Å². The molecule has 2 aliphatic rings. The number of nitrogens with zero attached hydrogens (tertiary/aromatic N) is 2. The molecule has 3 heteroatoms. The number of benzene rings is 8. The van der Waals surface area contributed by atoms with Crippen LogP contribution >= 0.6 is 0 Å². The predicted molar refractivity (Wildman–Crippen MR) is 225 cm³/mol. The average Bonchev–Trinajstić information content (AvgIpc) is 3.89. The SMILES string of the molecule is c1ccc(-c2ccc(N(c3cnc4c(c3)oc3c5ccccc5ccc43)c3cccc4c3-c3ccccc3C43c4ccccc4-c4ccccc43)cc2)cc1. The lowest BCUT2D eigenvalue weighted by atomic mass is 9.70. The minimum atomic E-state index is -0.444. The van der Waals surface area contributed by atoms with Crippen molar-refractivity contribution in [3.8, 4) is 33.4 Å². The molecule has 2 heterocycles. The number of anilines is 3. The lowest BCUT2D eigenvalue weighted by Crippen LogP contribution is -2.26. The molecule has 0 radical (unpaired) electrons. The van der Waals surface area contributed by atoms with Crippen molar-refractivity contribution in [2.75, 3.05) is 4.90 Å². The topological polar surface area (TPSA) is 29.3 Å². The smallest absolute Gasteiger partial charge is 0.155 e. The van der Waals surface area contributed by atoms with Crippen LogP contribution in [-0.2, 0) is 5.41 Å². The third-order valence-electron chi connectivity index (χ3n) is 11.9. The van der Waals surface area contributed by atoms with Crippen molar-refractivity contribution in [2.45, 2.75) is 5.41 Å². The maximum Gasteiger partial charge on any atom is 0.155 e. The van der Waals surface area contributed by atoms with Gasteiger partial charge < -0.3 is 9.32 Å². The fraction of sp³-hybridized carbons (Fsp3) is 0.0192. The summed E-state index contributed by atoms with van der Waals surface area (Å²) in [6.07, 6.45) is 2.01. The van der Waals surface area contributed by atoms with Gasteiger partial charge in [0.2, 0.25) is 0 Å². The standard InChI is InChI=1S/C52H32N2O/c1-2-13-33(14-3-1)34-25-28-36(29-26-34)54(37-31-48-50(53-32-37)42-30-27-35-15-4-5-16-38(35)51(42)55-48)47-24-12-23-46-49(47)41-19-8-11-22-45(41)52(46)43-20-9-6-17-39(43)40-18-7-10-21-44(40)52/h1-32H. The van der Waals surface area contributed by atoms with Gasteiger partial charge in [0.25, 0.3) is 0 Å². The zero-order valence-electron chi connectivity index (χ0n) is 29.8. The Kier molecular flexibility index (Phi) is 6.26. The second-order valence-electron chi connectivity index (χ2n) is 14.6. The highest BCUT2D eigenvalue weighted by Gasteiger charge is 2.52. The van der Waals surface area contributed by atoms with Gasteiger partial charge in [0, 0.05) is 28.1 Å². The fourth-order valence-corrected chi connectivity index (χ4v) is 9.66. The second-order valence-corrected chi connectivity index (χ2v) is 14.6. The van der Waals surface area contributed by atoms with Crippen LogP contribution in [0.15, 0.2) is 199 Å². The first-order valence-corrected chi connectivity index (χ1v) is 18.9. The van der Waals surface area contributed by atoms with Gasteiger partial charge in [-0.05, 0) is 79.7 Å². The van der Waals surface area contributed by atoms with E-state index in [1.54, 1.807) is 0 Å². The minimum absolute atomic E-state index is 0.444. The molecule has 0 saturated heterocycles. The van der Waals surface area contributed by atoms with Crippen LogP contribution in [0, 0.1) is 0 Å². The maximum atomic E-state index is 6.72. The molecule has 0 N–H and O–H groups in total. The molecule has 256 valence electrons. The molecule has 1 spiro atoms. The first-order valence-electron chi connectivity index (χ1n) is 18.9. The lowest BCUT2D eigenvalue weighted by molar-refractivity contribution is 0.672. The van der Waals surface area contributed by atoms with Crippen molar-refractivity contribution in [3.05, 3.63) is 217 Å². The molecule has 0 saturated carbocycles. The number of rotatable bonds is 4. The molecule has 2 aromatic heterocycles. The minimum Gasteiger partial charge on any atom is -0.454 e. The monoisotopic (exact) mass is 700 g/mol. The van der Waals surface area contributed by atoms with Gasteiger partial charge in [-0.15, -0.1) is 0 Å². The third-order valence-corrected chi connectivity index (χ3v) is 11.9. The zero-order chi connectivity index (χ0) is 36.1. The molecule has 10 aromatic rings. The van der Waals surface area contributed by atoms with Crippen LogP contribution in [0.1, 0.15) is 22.3 Å². The lowest BCUT2D eigenvalue weighted by Gasteiger charge is -2.31. The summed E-state index contributed by atoms with van der Waals surface area (Å²) in [7, 11) is 0. The summed E-state index contributed by atoms with van der Waals surface area (Å²) < 4.78 is 6.72. The van der Waals surface area contributed by atoms with Crippen molar-refractivity contribution in [2.24, 2.45) is 0 Å². The van der Waals surface area contributed by atoms with E-state index in [2.05, 4.69) is 193 Å². The van der Waals surface area contributed by atoms with E-state index < -0.39 is 5.41 Å². The van der Waals surface area contributed by atoms with E-state index in [1.165, 1.54) is 55.6 Å². The normalized spacial score (nSPS) is 13.2. The summed E-state index contributed by atoms with van der Waals surface area (Å²) in [5, 5.41) is 3.26. The molecule has 0 amide bonds. The van der Waals surface area contributed by atoms with Gasteiger partial charge in [-0.3, -0.25) is 0 Å². The average molecular weight is 701 g/mol. The Balaban J connectivity index is 1.13. The highest BCUT2D eigenvalue weighted by molar-refractivity contribution is 6.14. The molecular formula is C52H32N2O. The Morgan fingerprint density at radius 2 is 1.07 bits per heavy atom. The van der Waals surface area contributed by atoms with Gasteiger partial charge in [0.15, 0.2) is 5.58 Å². The molecule has 0 aliphatic heterocycles. The van der Waals surface area contributed by atoms with E-state index in [4.69, 9.17) is 9.40 Å². The van der Waals surface area contributed by atoms with Crippen LogP contribution in [-0.4, -0.2) is 4.98 Å². The molecule has 0 fully saturated rings. The van der Waals surface area contributed by atoms with Crippen LogP contribution in [0.5, 0.6) is 0 Å². The molecule has 12 rings (SSSR count). The van der Waals surface area contributed by atoms with Gasteiger partial charge in [0.05, 0.1) is 23.0 Å². The second kappa shape index (κ2) is 11.4. The van der Waals surface area contributed by atoms with Gasteiger partial charge in [-0.2, -0.15) is 0 Å². The summed E-state index contributed by atoms with van der Waals surface area (Å²) in [5.74, 6) is 0. The first kappa shape index (κ1) is 30.3. The number of hydrogen-bond acceptors (Lipinski definition) is 3. The van der Waals surface area contributed by atoms with Gasteiger partial charge in [0.1, 0.15) is 11.1 Å². The van der Waals surface area contributed by atoms with Crippen LogP contribution in [0.25, 0.3) is 66.2 Å². The Labute approximate surface area is 318 Å². The van der Waals surface area contributed by atoms with Gasteiger partial charge >= 0.3 is 0 Å². The number of pyridine rings is 1. The Morgan fingerprint density at radius 3 is 1.84 bits per heavy atom. The van der Waals surface area contributed by atoms with E-state index >= 15 is 0 Å². The molecule has 0 bridgehead atoms. The third kappa shape index (κ3) is 4.12. The van der Waals surface area contributed by atoms with E-state index in [1.807, 2.05) is 6.20 Å². The number of fused-ring (bicyclic) bond motifs is 15. The van der Waals surface area contributed by atoms with E-state index in [-0.39, 0.29) is 0 Å². The highest BCUT2D eigenvalue weighted by atomic mass is 16.3. The Morgan fingerprint density at radius 1 is 0.455 bits per heavy atom. The molecule has 3 nitrogen and oxygen atoms in total. The number of hydrogen-bond donors (Lipinski definition) is 0. The number of furan rings is 1. The van der Waals surface area contributed by atoms with Crippen molar-refractivity contribution < 1.29 is 4.42 Å². The van der Waals surface area contributed by atoms with E-state index in [0.29, 0.717) is 0 Å². The largest absolute Gasteiger partial charge is 0.454 e. The van der Waals surface area contributed by atoms with Gasteiger partial charge in [-0.25, -0.2) is 4.98 Å². The predicted octanol–water partition coefficient (Wildman–Crippen LogP) is 13.6. The Bertz CT molecular complexity index is 3110. The van der Waals surface area contributed by atoms with Crippen LogP contribution in [0.3, 0.4) is 0 Å². The van der Waals surface area contributed by atoms with Crippen molar-refractivity contribution in [3.63, 3.8) is 0 Å².